The number of nitrogens with zero attached hydrogens (tertiary/aromatic N) is 2. The van der Waals surface area contributed by atoms with E-state index in [0.29, 0.717) is 6.54 Å². The zero-order chi connectivity index (χ0) is 7.84. The summed E-state index contributed by atoms with van der Waals surface area (Å²) in [5, 5.41) is 12.5. The van der Waals surface area contributed by atoms with Gasteiger partial charge in [-0.05, 0) is 0 Å². The highest BCUT2D eigenvalue weighted by molar-refractivity contribution is 5.18. The summed E-state index contributed by atoms with van der Waals surface area (Å²) < 4.78 is 1.94. The molecule has 1 aromatic heterocycles. The molecule has 0 bridgehead atoms. The average molecular weight is 153 g/mol. The van der Waals surface area contributed by atoms with Gasteiger partial charge in [0.15, 0.2) is 0 Å². The van der Waals surface area contributed by atoms with Gasteiger partial charge in [-0.25, -0.2) is 4.98 Å². The van der Waals surface area contributed by atoms with Crippen molar-refractivity contribution >= 4 is 0 Å². The van der Waals surface area contributed by atoms with Crippen LogP contribution in [0.1, 0.15) is 17.5 Å². The maximum Gasteiger partial charge on any atom is 0.110 e. The molecule has 2 N–H and O–H groups in total. The Morgan fingerprint density at radius 3 is 3.36 bits per heavy atom. The normalized spacial score (nSPS) is 23.3. The van der Waals surface area contributed by atoms with E-state index in [2.05, 4.69) is 10.3 Å². The highest BCUT2D eigenvalue weighted by Crippen LogP contribution is 2.18. The molecular formula is C7H11N3O. The Morgan fingerprint density at radius 1 is 1.82 bits per heavy atom. The van der Waals surface area contributed by atoms with Crippen molar-refractivity contribution in [3.8, 4) is 0 Å². The number of rotatable bonds is 0. The molecule has 0 radical (unpaired) electrons. The van der Waals surface area contributed by atoms with Crippen molar-refractivity contribution in [3.05, 3.63) is 17.7 Å². The molecule has 4 heteroatoms. The zero-order valence-electron chi connectivity index (χ0n) is 6.41. The van der Waals surface area contributed by atoms with Crippen molar-refractivity contribution in [1.82, 2.24) is 14.9 Å². The summed E-state index contributed by atoms with van der Waals surface area (Å²) in [6.45, 7) is 1.42. The van der Waals surface area contributed by atoms with Crippen LogP contribution in [-0.2, 0) is 13.6 Å². The Bertz CT molecular complexity index is 269. The summed E-state index contributed by atoms with van der Waals surface area (Å²) in [4.78, 5) is 4.11. The zero-order valence-corrected chi connectivity index (χ0v) is 6.41. The van der Waals surface area contributed by atoms with Crippen molar-refractivity contribution in [2.24, 2.45) is 7.05 Å². The summed E-state index contributed by atoms with van der Waals surface area (Å²) in [7, 11) is 1.94. The molecule has 60 valence electrons. The number of β-amino-alcohol motifs (C(OH)–C–C–N with tert-alkyl or cyclic N) is 1. The van der Waals surface area contributed by atoms with Crippen LogP contribution in [0.25, 0.3) is 0 Å². The molecule has 0 saturated heterocycles. The molecule has 1 aliphatic rings. The van der Waals surface area contributed by atoms with E-state index in [-0.39, 0.29) is 0 Å². The number of aliphatic hydroxyl groups is 1. The summed E-state index contributed by atoms with van der Waals surface area (Å²) in [6, 6.07) is 0. The van der Waals surface area contributed by atoms with E-state index in [1.807, 2.05) is 11.6 Å². The number of hydrogen-bond acceptors (Lipinski definition) is 3. The third-order valence-corrected chi connectivity index (χ3v) is 2.04. The van der Waals surface area contributed by atoms with E-state index in [1.54, 1.807) is 6.33 Å². The number of aryl methyl sites for hydroxylation is 1. The van der Waals surface area contributed by atoms with E-state index in [9.17, 15) is 5.11 Å². The predicted molar refractivity (Wildman–Crippen MR) is 39.9 cm³/mol. The van der Waals surface area contributed by atoms with Crippen LogP contribution >= 0.6 is 0 Å². The first-order valence-corrected chi connectivity index (χ1v) is 3.68. The molecular weight excluding hydrogens is 142 g/mol. The van der Waals surface area contributed by atoms with Crippen LogP contribution in [0.4, 0.5) is 0 Å². The Hall–Kier alpha value is -0.870. The number of aromatic nitrogens is 2. The maximum atomic E-state index is 9.44. The number of hydrogen-bond donors (Lipinski definition) is 2. The van der Waals surface area contributed by atoms with E-state index < -0.39 is 6.10 Å². The second-order valence-corrected chi connectivity index (χ2v) is 2.83. The fourth-order valence-corrected chi connectivity index (χ4v) is 1.39. The van der Waals surface area contributed by atoms with Crippen molar-refractivity contribution in [2.75, 3.05) is 6.54 Å². The predicted octanol–water partition coefficient (Wildman–Crippen LogP) is -0.443. The molecule has 2 rings (SSSR count). The van der Waals surface area contributed by atoms with Crippen LogP contribution < -0.4 is 5.32 Å². The van der Waals surface area contributed by atoms with E-state index >= 15 is 0 Å². The SMILES string of the molecule is Cn1cnc2c1CNCC2O. The molecule has 0 fully saturated rings. The maximum absolute atomic E-state index is 9.44. The quantitative estimate of drug-likeness (QED) is 0.531. The standard InChI is InChI=1S/C7H11N3O/c1-10-4-9-7-5(10)2-8-3-6(7)11/h4,6,8,11H,2-3H2,1H3. The fourth-order valence-electron chi connectivity index (χ4n) is 1.39. The fraction of sp³-hybridized carbons (Fsp3) is 0.571. The number of nitrogens with one attached hydrogen (secondary N) is 1. The van der Waals surface area contributed by atoms with Gasteiger partial charge in [0, 0.05) is 20.1 Å². The largest absolute Gasteiger partial charge is 0.385 e. The minimum atomic E-state index is -0.431. The minimum Gasteiger partial charge on any atom is -0.385 e. The van der Waals surface area contributed by atoms with Gasteiger partial charge in [-0.2, -0.15) is 0 Å². The van der Waals surface area contributed by atoms with Crippen LogP contribution in [-0.4, -0.2) is 21.2 Å². The Morgan fingerprint density at radius 2 is 2.64 bits per heavy atom. The molecule has 0 aromatic carbocycles. The lowest BCUT2D eigenvalue weighted by Gasteiger charge is -2.18. The highest BCUT2D eigenvalue weighted by Gasteiger charge is 2.20. The van der Waals surface area contributed by atoms with Crippen LogP contribution in [0.3, 0.4) is 0 Å². The first kappa shape index (κ1) is 6.82. The van der Waals surface area contributed by atoms with Gasteiger partial charge in [0.25, 0.3) is 0 Å². The molecule has 4 nitrogen and oxygen atoms in total. The smallest absolute Gasteiger partial charge is 0.110 e. The third kappa shape index (κ3) is 0.948. The molecule has 0 amide bonds. The van der Waals surface area contributed by atoms with Gasteiger partial charge in [-0.3, -0.25) is 0 Å². The summed E-state index contributed by atoms with van der Waals surface area (Å²) in [5.41, 5.74) is 1.91. The van der Waals surface area contributed by atoms with Gasteiger partial charge in [-0.1, -0.05) is 0 Å². The molecule has 0 spiro atoms. The lowest BCUT2D eigenvalue weighted by molar-refractivity contribution is 0.160. The second kappa shape index (κ2) is 2.32. The third-order valence-electron chi connectivity index (χ3n) is 2.04. The number of aliphatic hydroxyl groups excluding tert-OH is 1. The molecule has 11 heavy (non-hydrogen) atoms. The van der Waals surface area contributed by atoms with Gasteiger partial charge in [0.05, 0.1) is 17.7 Å². The van der Waals surface area contributed by atoms with E-state index in [0.717, 1.165) is 17.9 Å². The Labute approximate surface area is 64.9 Å². The Balaban J connectivity index is 2.46. The van der Waals surface area contributed by atoms with Crippen LogP contribution in [0, 0.1) is 0 Å². The first-order chi connectivity index (χ1) is 5.29. The molecule has 1 aliphatic heterocycles. The topological polar surface area (TPSA) is 50.1 Å². The van der Waals surface area contributed by atoms with E-state index in [1.165, 1.54) is 0 Å². The molecule has 1 aromatic rings. The molecule has 0 saturated carbocycles. The monoisotopic (exact) mass is 153 g/mol. The van der Waals surface area contributed by atoms with Crippen molar-refractivity contribution in [1.29, 1.82) is 0 Å². The lowest BCUT2D eigenvalue weighted by atomic mass is 10.1. The van der Waals surface area contributed by atoms with Gasteiger partial charge < -0.3 is 15.0 Å². The average Bonchev–Trinajstić information content (AvgIpc) is 2.35. The van der Waals surface area contributed by atoms with Gasteiger partial charge >= 0.3 is 0 Å². The summed E-state index contributed by atoms with van der Waals surface area (Å²) in [5.74, 6) is 0. The summed E-state index contributed by atoms with van der Waals surface area (Å²) >= 11 is 0. The van der Waals surface area contributed by atoms with Gasteiger partial charge in [0.1, 0.15) is 6.10 Å². The molecule has 0 aliphatic carbocycles. The van der Waals surface area contributed by atoms with Crippen LogP contribution in [0.15, 0.2) is 6.33 Å². The van der Waals surface area contributed by atoms with Crippen LogP contribution in [0.2, 0.25) is 0 Å². The van der Waals surface area contributed by atoms with Crippen molar-refractivity contribution in [3.63, 3.8) is 0 Å². The summed E-state index contributed by atoms with van der Waals surface area (Å²) in [6.07, 6.45) is 1.31. The Kier molecular flexibility index (Phi) is 1.44. The van der Waals surface area contributed by atoms with Crippen molar-refractivity contribution in [2.45, 2.75) is 12.6 Å². The number of fused-ring (bicyclic) bond motifs is 1. The molecule has 1 atom stereocenters. The minimum absolute atomic E-state index is 0.431. The van der Waals surface area contributed by atoms with Crippen molar-refractivity contribution < 1.29 is 5.11 Å². The highest BCUT2D eigenvalue weighted by atomic mass is 16.3. The van der Waals surface area contributed by atoms with Gasteiger partial charge in [0.2, 0.25) is 0 Å². The second-order valence-electron chi connectivity index (χ2n) is 2.83. The lowest BCUT2D eigenvalue weighted by Crippen LogP contribution is -2.28. The van der Waals surface area contributed by atoms with E-state index in [4.69, 9.17) is 0 Å². The first-order valence-electron chi connectivity index (χ1n) is 3.68. The number of imidazole rings is 1. The van der Waals surface area contributed by atoms with Gasteiger partial charge in [-0.15, -0.1) is 0 Å². The molecule has 2 heterocycles. The molecule has 1 unspecified atom stereocenters. The van der Waals surface area contributed by atoms with Crippen LogP contribution in [0.5, 0.6) is 0 Å².